The van der Waals surface area contributed by atoms with E-state index in [0.29, 0.717) is 38.1 Å². The van der Waals surface area contributed by atoms with Crippen LogP contribution in [-0.2, 0) is 75.7 Å². The Morgan fingerprint density at radius 2 is 1.20 bits per heavy atom. The van der Waals surface area contributed by atoms with Crippen LogP contribution in [0.25, 0.3) is 0 Å². The molecule has 6 amide bonds. The monoisotopic (exact) mass is 740 g/mol. The van der Waals surface area contributed by atoms with Crippen molar-refractivity contribution in [3.63, 3.8) is 0 Å². The Hall–Kier alpha value is -3.31. The van der Waals surface area contributed by atoms with Crippen LogP contribution in [0.1, 0.15) is 57.8 Å². The molecule has 1 saturated heterocycles. The number of nitrogens with zero attached hydrogens (tertiary/aromatic N) is 3. The van der Waals surface area contributed by atoms with Crippen LogP contribution in [0.3, 0.4) is 0 Å². The summed E-state index contributed by atoms with van der Waals surface area (Å²) in [6.07, 6.45) is 11.4. The molecule has 2 aliphatic carbocycles. The molecule has 1 atom stereocenters. The van der Waals surface area contributed by atoms with Crippen LogP contribution >= 0.6 is 0 Å². The van der Waals surface area contributed by atoms with Crippen LogP contribution in [0.5, 0.6) is 0 Å². The normalized spacial score (nSPS) is 28.3. The van der Waals surface area contributed by atoms with E-state index in [9.17, 15) is 51.3 Å². The predicted octanol–water partition coefficient (Wildman–Crippen LogP) is -0.326. The van der Waals surface area contributed by atoms with E-state index < -0.39 is 45.5 Å². The van der Waals surface area contributed by atoms with Gasteiger partial charge in [-0.25, -0.2) is 13.2 Å². The number of amides is 6. The third-order valence-electron chi connectivity index (χ3n) is 8.47. The van der Waals surface area contributed by atoms with E-state index >= 15 is 0 Å². The van der Waals surface area contributed by atoms with Crippen LogP contribution in [0.2, 0.25) is 0 Å². The Labute approximate surface area is 274 Å². The molecule has 15 nitrogen and oxygen atoms in total. The summed E-state index contributed by atoms with van der Waals surface area (Å²) in [5, 5.41) is -2.02. The molecule has 2 saturated carbocycles. The number of hydrogen-bond acceptors (Lipinski definition) is 12. The summed E-state index contributed by atoms with van der Waals surface area (Å²) in [6, 6.07) is 0. The minimum absolute atomic E-state index is 0. The summed E-state index contributed by atoms with van der Waals surface area (Å²) in [5.41, 5.74) is 0. The number of hydrogen-bond donors (Lipinski definition) is 0. The van der Waals surface area contributed by atoms with Crippen LogP contribution in [0.4, 0.5) is 0 Å². The third-order valence-corrected chi connectivity index (χ3v) is 9.53. The Balaban J connectivity index is 0.000000276. The molecule has 1 unspecified atom stereocenters. The summed E-state index contributed by atoms with van der Waals surface area (Å²) in [4.78, 5) is 99.3. The van der Waals surface area contributed by atoms with Crippen molar-refractivity contribution in [3.8, 4) is 0 Å². The van der Waals surface area contributed by atoms with Gasteiger partial charge in [-0.2, -0.15) is 0 Å². The predicted molar refractivity (Wildman–Crippen MR) is 144 cm³/mol. The number of carbonyl (C=O) groups excluding carboxylic acids is 8. The first kappa shape index (κ1) is 36.2. The fourth-order valence-corrected chi connectivity index (χ4v) is 6.54. The maximum absolute atomic E-state index is 12.2. The van der Waals surface area contributed by atoms with Gasteiger partial charge >= 0.3 is 28.3 Å². The molecule has 0 N–H and O–H groups in total. The fraction of sp³-hybridized carbons (Fsp3) is 0.571. The molecule has 0 spiro atoms. The van der Waals surface area contributed by atoms with Crippen molar-refractivity contribution in [2.75, 3.05) is 13.1 Å². The van der Waals surface area contributed by atoms with Crippen molar-refractivity contribution in [2.24, 2.45) is 23.7 Å². The molecule has 3 heterocycles. The number of hydroxylamine groups is 2. The number of imide groups is 3. The van der Waals surface area contributed by atoms with Crippen molar-refractivity contribution < 1.29 is 78.5 Å². The van der Waals surface area contributed by atoms with Crippen molar-refractivity contribution >= 4 is 57.8 Å². The van der Waals surface area contributed by atoms with Crippen LogP contribution in [-0.4, -0.2) is 93.9 Å². The van der Waals surface area contributed by atoms with E-state index in [1.54, 1.807) is 0 Å². The minimum Gasteiger partial charge on any atom is -0.747 e. The van der Waals surface area contributed by atoms with Gasteiger partial charge in [0.15, 0.2) is 0 Å². The molecule has 248 valence electrons. The van der Waals surface area contributed by atoms with Gasteiger partial charge in [-0.1, -0.05) is 25.7 Å². The zero-order valence-electron chi connectivity index (χ0n) is 23.9. The first-order valence-electron chi connectivity index (χ1n) is 14.3. The molecule has 45 heavy (non-hydrogen) atoms. The Morgan fingerprint density at radius 3 is 1.58 bits per heavy atom. The molecule has 0 bridgehead atoms. The van der Waals surface area contributed by atoms with Crippen molar-refractivity contribution in [3.05, 3.63) is 24.3 Å². The second-order valence-electron chi connectivity index (χ2n) is 11.4. The van der Waals surface area contributed by atoms with Gasteiger partial charge < -0.3 is 14.2 Å². The van der Waals surface area contributed by atoms with E-state index in [1.807, 2.05) is 6.29 Å². The molecule has 3 aliphatic heterocycles. The number of carbonyl (C=O) groups is 7. The molecular weight excluding hydrogens is 710 g/mol. The summed E-state index contributed by atoms with van der Waals surface area (Å²) >= 11 is 0. The SMILES string of the molecule is O=C(ON1C(=O)CC(S(=O)(=O)[O-])C1=O)C1CCC(CN2C(=O)C=CC2=O)CC1.O=[C-]C1CCC(CN2C(=O)C=CC2=O)CC1.[Ag+]. The van der Waals surface area contributed by atoms with Gasteiger partial charge in [0, 0.05) is 37.4 Å². The minimum atomic E-state index is -5.02. The summed E-state index contributed by atoms with van der Waals surface area (Å²) in [6.45, 7) is 0.745. The van der Waals surface area contributed by atoms with Gasteiger partial charge in [0.05, 0.1) is 12.3 Å². The zero-order valence-corrected chi connectivity index (χ0v) is 26.2. The topological polar surface area (TPSA) is 213 Å². The van der Waals surface area contributed by atoms with Gasteiger partial charge in [-0.15, -0.1) is 11.0 Å². The average molecular weight is 742 g/mol. The Morgan fingerprint density at radius 1 is 0.778 bits per heavy atom. The van der Waals surface area contributed by atoms with Gasteiger partial charge in [0.1, 0.15) is 15.4 Å². The average Bonchev–Trinajstić information content (AvgIpc) is 3.59. The van der Waals surface area contributed by atoms with E-state index in [0.717, 1.165) is 30.6 Å². The molecule has 5 aliphatic rings. The second-order valence-corrected chi connectivity index (χ2v) is 13.0. The van der Waals surface area contributed by atoms with Gasteiger partial charge in [0.2, 0.25) is 0 Å². The fourth-order valence-electron chi connectivity index (χ4n) is 5.85. The second kappa shape index (κ2) is 15.3. The molecule has 3 fully saturated rings. The van der Waals surface area contributed by atoms with Crippen molar-refractivity contribution in [1.29, 1.82) is 0 Å². The molecule has 17 heteroatoms. The van der Waals surface area contributed by atoms with Gasteiger partial charge in [0.25, 0.3) is 35.4 Å². The summed E-state index contributed by atoms with van der Waals surface area (Å²) < 4.78 is 33.0. The quantitative estimate of drug-likeness (QED) is 0.136. The molecule has 0 radical (unpaired) electrons. The van der Waals surface area contributed by atoms with E-state index in [-0.39, 0.29) is 69.5 Å². The van der Waals surface area contributed by atoms with E-state index in [2.05, 4.69) is 0 Å². The molecular formula is C28H31AgN3O12S-. The van der Waals surface area contributed by atoms with Gasteiger partial charge in [-0.05, 0) is 37.5 Å². The van der Waals surface area contributed by atoms with Crippen molar-refractivity contribution in [1.82, 2.24) is 14.9 Å². The van der Waals surface area contributed by atoms with Crippen LogP contribution in [0.15, 0.2) is 24.3 Å². The molecule has 0 aromatic heterocycles. The number of rotatable bonds is 8. The zero-order chi connectivity index (χ0) is 32.2. The van der Waals surface area contributed by atoms with Gasteiger partial charge in [-0.3, -0.25) is 44.9 Å². The summed E-state index contributed by atoms with van der Waals surface area (Å²) in [7, 11) is -5.02. The molecule has 5 rings (SSSR count). The Kier molecular flexibility index (Phi) is 12.3. The Bertz CT molecular complexity index is 1380. The molecule has 0 aromatic rings. The standard InChI is InChI=1S/C16H18N2O9S.C12H14NO3.Ag/c19-12-5-6-13(20)17(12)8-9-1-3-10(4-2-9)16(23)27-18-14(21)7-11(15(18)22)28(24,25)26;14-8-10-3-1-9(2-4-10)7-13-11(15)5-6-12(13)16;/h5-6,9-11H,1-4,7-8H2,(H,24,25,26);5-6,9-10H,1-4,7H2;/q;-1;+1/p-1. The first-order valence-corrected chi connectivity index (χ1v) is 15.7. The molecule has 0 aromatic carbocycles. The maximum Gasteiger partial charge on any atom is 1.00 e. The van der Waals surface area contributed by atoms with E-state index in [4.69, 9.17) is 4.84 Å². The first-order chi connectivity index (χ1) is 20.8. The smallest absolute Gasteiger partial charge is 0.747 e. The van der Waals surface area contributed by atoms with E-state index in [1.165, 1.54) is 29.2 Å². The van der Waals surface area contributed by atoms with Crippen molar-refractivity contribution in [2.45, 2.75) is 63.0 Å². The largest absolute Gasteiger partial charge is 1.00 e. The third kappa shape index (κ3) is 8.91. The maximum atomic E-state index is 12.2. The van der Waals surface area contributed by atoms with Crippen LogP contribution < -0.4 is 0 Å². The van der Waals surface area contributed by atoms with Crippen LogP contribution in [0, 0.1) is 23.7 Å². The summed E-state index contributed by atoms with van der Waals surface area (Å²) in [5.74, 6) is -4.67.